The zero-order valence-corrected chi connectivity index (χ0v) is 13.4. The van der Waals surface area contributed by atoms with Crippen LogP contribution in [-0.2, 0) is 19.7 Å². The molecule has 1 unspecified atom stereocenters. The molecule has 0 aromatic carbocycles. The largest absolute Gasteiger partial charge is 0.465 e. The van der Waals surface area contributed by atoms with Crippen LogP contribution in [0.15, 0.2) is 11.1 Å². The minimum atomic E-state index is -0.625. The minimum absolute atomic E-state index is 0.283. The van der Waals surface area contributed by atoms with Crippen LogP contribution < -0.4 is 0 Å². The summed E-state index contributed by atoms with van der Waals surface area (Å²) in [5.74, 6) is -1.42. The molecule has 1 aliphatic heterocycles. The van der Waals surface area contributed by atoms with Crippen molar-refractivity contribution in [2.75, 3.05) is 19.8 Å². The van der Waals surface area contributed by atoms with Gasteiger partial charge in [-0.25, -0.2) is 4.79 Å². The molecule has 2 heterocycles. The number of hydrogen-bond acceptors (Lipinski definition) is 5. The summed E-state index contributed by atoms with van der Waals surface area (Å²) in [5.41, 5.74) is 1.62. The smallest absolute Gasteiger partial charge is 0.354 e. The first-order chi connectivity index (χ1) is 10.4. The molecule has 1 aromatic rings. The van der Waals surface area contributed by atoms with Crippen LogP contribution in [0, 0.1) is 0 Å². The van der Waals surface area contributed by atoms with Gasteiger partial charge in [0.15, 0.2) is 0 Å². The Labute approximate surface area is 129 Å². The summed E-state index contributed by atoms with van der Waals surface area (Å²) < 4.78 is 10.1. The number of carbonyl (C=O) groups excluding carboxylic acids is 2. The molecule has 120 valence electrons. The highest BCUT2D eigenvalue weighted by atomic mass is 16.5. The number of nitrogens with zero attached hydrogens (tertiary/aromatic N) is 1. The van der Waals surface area contributed by atoms with Gasteiger partial charge in [-0.1, -0.05) is 13.8 Å². The second kappa shape index (κ2) is 6.34. The van der Waals surface area contributed by atoms with Crippen LogP contribution >= 0.6 is 0 Å². The number of esters is 2. The van der Waals surface area contributed by atoms with Crippen molar-refractivity contribution in [1.82, 2.24) is 4.98 Å². The monoisotopic (exact) mass is 306 g/mol. The molecular formula is C16H22N2O4. The number of fused-ring (bicyclic) bond motifs is 1. The second-order valence-electron chi connectivity index (χ2n) is 5.83. The normalized spacial score (nSPS) is 19.2. The number of ether oxygens (including phenoxy) is 2. The lowest BCUT2D eigenvalue weighted by molar-refractivity contribution is -0.143. The SMILES string of the molecule is CCOC(=O)c1cc2c([nH]1)C(C(=O)OCC)C=NCC2(C)C. The van der Waals surface area contributed by atoms with Gasteiger partial charge in [0.25, 0.3) is 0 Å². The molecule has 0 saturated carbocycles. The third kappa shape index (κ3) is 3.05. The number of nitrogens with one attached hydrogen (secondary N) is 1. The van der Waals surface area contributed by atoms with Gasteiger partial charge in [-0.15, -0.1) is 0 Å². The van der Waals surface area contributed by atoms with Gasteiger partial charge in [0.05, 0.1) is 13.2 Å². The van der Waals surface area contributed by atoms with Crippen LogP contribution in [0.3, 0.4) is 0 Å². The van der Waals surface area contributed by atoms with Crippen LogP contribution in [0.4, 0.5) is 0 Å². The van der Waals surface area contributed by atoms with Gasteiger partial charge < -0.3 is 14.5 Å². The molecule has 2 rings (SSSR count). The lowest BCUT2D eigenvalue weighted by Gasteiger charge is -2.22. The summed E-state index contributed by atoms with van der Waals surface area (Å²) in [7, 11) is 0. The van der Waals surface area contributed by atoms with Crippen molar-refractivity contribution >= 4 is 18.2 Å². The number of aromatic nitrogens is 1. The lowest BCUT2D eigenvalue weighted by Crippen LogP contribution is -2.22. The Bertz CT molecular complexity index is 601. The van der Waals surface area contributed by atoms with Crippen molar-refractivity contribution < 1.29 is 19.1 Å². The van der Waals surface area contributed by atoms with Crippen LogP contribution in [0.2, 0.25) is 0 Å². The molecule has 0 amide bonds. The van der Waals surface area contributed by atoms with Crippen molar-refractivity contribution in [3.8, 4) is 0 Å². The first-order valence-corrected chi connectivity index (χ1v) is 7.47. The molecule has 6 nitrogen and oxygen atoms in total. The quantitative estimate of drug-likeness (QED) is 0.865. The number of rotatable bonds is 4. The zero-order chi connectivity index (χ0) is 16.3. The summed E-state index contributed by atoms with van der Waals surface area (Å²) in [6.45, 7) is 8.70. The molecule has 6 heteroatoms. The van der Waals surface area contributed by atoms with Gasteiger partial charge in [0, 0.05) is 23.9 Å². The highest BCUT2D eigenvalue weighted by Gasteiger charge is 2.35. The average Bonchev–Trinajstić information content (AvgIpc) is 2.85. The molecule has 0 fully saturated rings. The maximum Gasteiger partial charge on any atom is 0.354 e. The lowest BCUT2D eigenvalue weighted by atomic mass is 9.83. The number of H-pyrrole nitrogens is 1. The van der Waals surface area contributed by atoms with Crippen molar-refractivity contribution in [2.45, 2.75) is 39.0 Å². The predicted octanol–water partition coefficient (Wildman–Crippen LogP) is 2.20. The first-order valence-electron chi connectivity index (χ1n) is 7.47. The average molecular weight is 306 g/mol. The fraction of sp³-hybridized carbons (Fsp3) is 0.562. The number of hydrogen-bond donors (Lipinski definition) is 1. The predicted molar refractivity (Wildman–Crippen MR) is 82.5 cm³/mol. The van der Waals surface area contributed by atoms with E-state index in [0.717, 1.165) is 5.56 Å². The molecule has 0 aliphatic carbocycles. The number of aliphatic imine (C=N–C) groups is 1. The molecule has 1 N–H and O–H groups in total. The van der Waals surface area contributed by atoms with Crippen molar-refractivity contribution in [2.24, 2.45) is 4.99 Å². The summed E-state index contributed by atoms with van der Waals surface area (Å²) in [5, 5.41) is 0. The van der Waals surface area contributed by atoms with Crippen LogP contribution in [0.5, 0.6) is 0 Å². The van der Waals surface area contributed by atoms with E-state index >= 15 is 0 Å². The van der Waals surface area contributed by atoms with E-state index < -0.39 is 11.9 Å². The summed E-state index contributed by atoms with van der Waals surface area (Å²) in [4.78, 5) is 31.5. The van der Waals surface area contributed by atoms with E-state index in [9.17, 15) is 9.59 Å². The molecule has 1 aliphatic rings. The third-order valence-electron chi connectivity index (χ3n) is 3.67. The van der Waals surface area contributed by atoms with Gasteiger partial charge in [0.2, 0.25) is 0 Å². The summed E-state index contributed by atoms with van der Waals surface area (Å²) in [6, 6.07) is 1.76. The Kier molecular flexibility index (Phi) is 4.68. The van der Waals surface area contributed by atoms with Gasteiger partial charge in [0.1, 0.15) is 11.6 Å². The molecule has 0 radical (unpaired) electrons. The van der Waals surface area contributed by atoms with E-state index in [1.807, 2.05) is 13.8 Å². The van der Waals surface area contributed by atoms with Gasteiger partial charge in [-0.3, -0.25) is 9.79 Å². The highest BCUT2D eigenvalue weighted by Crippen LogP contribution is 2.34. The van der Waals surface area contributed by atoms with E-state index in [4.69, 9.17) is 9.47 Å². The Morgan fingerprint density at radius 2 is 2.00 bits per heavy atom. The van der Waals surface area contributed by atoms with E-state index in [-0.39, 0.29) is 11.4 Å². The fourth-order valence-corrected chi connectivity index (χ4v) is 2.55. The zero-order valence-electron chi connectivity index (χ0n) is 13.4. The topological polar surface area (TPSA) is 80.8 Å². The Morgan fingerprint density at radius 1 is 1.32 bits per heavy atom. The van der Waals surface area contributed by atoms with Gasteiger partial charge in [-0.05, 0) is 25.5 Å². The third-order valence-corrected chi connectivity index (χ3v) is 3.67. The molecule has 0 spiro atoms. The Hall–Kier alpha value is -2.11. The molecular weight excluding hydrogens is 284 g/mol. The van der Waals surface area contributed by atoms with E-state index in [1.165, 1.54) is 0 Å². The van der Waals surface area contributed by atoms with Crippen LogP contribution in [0.25, 0.3) is 0 Å². The second-order valence-corrected chi connectivity index (χ2v) is 5.83. The number of carbonyl (C=O) groups is 2. The molecule has 1 atom stereocenters. The first kappa shape index (κ1) is 16.3. The summed E-state index contributed by atoms with van der Waals surface area (Å²) in [6.07, 6.45) is 1.59. The minimum Gasteiger partial charge on any atom is -0.465 e. The van der Waals surface area contributed by atoms with E-state index in [0.29, 0.717) is 31.1 Å². The van der Waals surface area contributed by atoms with Crippen LogP contribution in [-0.4, -0.2) is 42.9 Å². The van der Waals surface area contributed by atoms with E-state index in [2.05, 4.69) is 9.98 Å². The van der Waals surface area contributed by atoms with Crippen molar-refractivity contribution in [3.05, 3.63) is 23.0 Å². The Balaban J connectivity index is 2.47. The van der Waals surface area contributed by atoms with Crippen molar-refractivity contribution in [3.63, 3.8) is 0 Å². The number of aromatic amines is 1. The maximum absolute atomic E-state index is 12.2. The molecule has 0 bridgehead atoms. The molecule has 0 saturated heterocycles. The van der Waals surface area contributed by atoms with Crippen LogP contribution in [0.1, 0.15) is 55.4 Å². The maximum atomic E-state index is 12.2. The van der Waals surface area contributed by atoms with Crippen molar-refractivity contribution in [1.29, 1.82) is 0 Å². The highest BCUT2D eigenvalue weighted by molar-refractivity contribution is 5.97. The van der Waals surface area contributed by atoms with Gasteiger partial charge in [-0.2, -0.15) is 0 Å². The van der Waals surface area contributed by atoms with Gasteiger partial charge >= 0.3 is 11.9 Å². The Morgan fingerprint density at radius 3 is 2.64 bits per heavy atom. The molecule has 1 aromatic heterocycles. The summed E-state index contributed by atoms with van der Waals surface area (Å²) >= 11 is 0. The molecule has 22 heavy (non-hydrogen) atoms. The fourth-order valence-electron chi connectivity index (χ4n) is 2.55. The van der Waals surface area contributed by atoms with E-state index in [1.54, 1.807) is 26.1 Å². The standard InChI is InChI=1S/C16H22N2O4/c1-5-21-14(19)10-8-17-9-16(3,4)11-7-12(18-13(10)11)15(20)22-6-2/h7-8,10,18H,5-6,9H2,1-4H3.